The number of hydrogen-bond donors (Lipinski definition) is 1. The Hall–Kier alpha value is -1.16. The second-order valence-electron chi connectivity index (χ2n) is 3.43. The summed E-state index contributed by atoms with van der Waals surface area (Å²) < 4.78 is 25.5. The predicted octanol–water partition coefficient (Wildman–Crippen LogP) is 3.50. The third-order valence-corrected chi connectivity index (χ3v) is 2.62. The summed E-state index contributed by atoms with van der Waals surface area (Å²) in [5.41, 5.74) is 0.464. The highest BCUT2D eigenvalue weighted by Gasteiger charge is 2.11. The highest BCUT2D eigenvalue weighted by molar-refractivity contribution is 6.20. The van der Waals surface area contributed by atoms with Crippen molar-refractivity contribution in [1.82, 2.24) is 0 Å². The molecule has 1 aromatic carbocycles. The Bertz CT molecular complexity index is 382. The van der Waals surface area contributed by atoms with Crippen LogP contribution in [0.2, 0.25) is 0 Å². The molecule has 1 unspecified atom stereocenters. The molecule has 0 heterocycles. The van der Waals surface area contributed by atoms with Gasteiger partial charge in [-0.05, 0) is 30.5 Å². The second-order valence-corrected chi connectivity index (χ2v) is 3.95. The monoisotopic (exact) mass is 248 g/mol. The molecule has 1 aromatic rings. The van der Waals surface area contributed by atoms with E-state index in [2.05, 4.69) is 0 Å². The maximum Gasteiger partial charge on any atom is 0.303 e. The van der Waals surface area contributed by atoms with Gasteiger partial charge in [0.05, 0.1) is 5.38 Å². The van der Waals surface area contributed by atoms with Crippen LogP contribution in [-0.2, 0) is 4.79 Å². The van der Waals surface area contributed by atoms with E-state index < -0.39 is 23.0 Å². The SMILES string of the molecule is O=C(O)CCCC(Cl)c1ccc(F)c(F)c1. The van der Waals surface area contributed by atoms with Crippen molar-refractivity contribution in [2.24, 2.45) is 0 Å². The summed E-state index contributed by atoms with van der Waals surface area (Å²) in [7, 11) is 0. The van der Waals surface area contributed by atoms with Crippen LogP contribution in [0.25, 0.3) is 0 Å². The zero-order chi connectivity index (χ0) is 12.1. The molecule has 0 radical (unpaired) electrons. The summed E-state index contributed by atoms with van der Waals surface area (Å²) in [5.74, 6) is -2.76. The van der Waals surface area contributed by atoms with Crippen molar-refractivity contribution in [3.63, 3.8) is 0 Å². The number of alkyl halides is 1. The minimum Gasteiger partial charge on any atom is -0.481 e. The van der Waals surface area contributed by atoms with Gasteiger partial charge in [0.25, 0.3) is 0 Å². The molecule has 0 amide bonds. The largest absolute Gasteiger partial charge is 0.481 e. The van der Waals surface area contributed by atoms with Gasteiger partial charge in [-0.15, -0.1) is 11.6 Å². The van der Waals surface area contributed by atoms with E-state index in [0.29, 0.717) is 18.4 Å². The van der Waals surface area contributed by atoms with Gasteiger partial charge in [0.15, 0.2) is 11.6 Å². The number of carboxylic acid groups (broad SMARTS) is 1. The first-order chi connectivity index (χ1) is 7.50. The van der Waals surface area contributed by atoms with Crippen molar-refractivity contribution in [2.75, 3.05) is 0 Å². The van der Waals surface area contributed by atoms with Gasteiger partial charge >= 0.3 is 5.97 Å². The Balaban J connectivity index is 2.55. The van der Waals surface area contributed by atoms with Crippen molar-refractivity contribution in [2.45, 2.75) is 24.6 Å². The van der Waals surface area contributed by atoms with Gasteiger partial charge in [0.1, 0.15) is 0 Å². The van der Waals surface area contributed by atoms with Gasteiger partial charge in [-0.2, -0.15) is 0 Å². The molecule has 0 aliphatic heterocycles. The van der Waals surface area contributed by atoms with Crippen LogP contribution in [0.4, 0.5) is 8.78 Å². The van der Waals surface area contributed by atoms with Crippen molar-refractivity contribution in [1.29, 1.82) is 0 Å². The standard InChI is InChI=1S/C11H11ClF2O2/c12-8(2-1-3-11(15)16)7-4-5-9(13)10(14)6-7/h4-6,8H,1-3H2,(H,15,16). The molecule has 1 N–H and O–H groups in total. The lowest BCUT2D eigenvalue weighted by molar-refractivity contribution is -0.137. The average molecular weight is 249 g/mol. The topological polar surface area (TPSA) is 37.3 Å². The molecular weight excluding hydrogens is 238 g/mol. The first-order valence-corrected chi connectivity index (χ1v) is 5.25. The predicted molar refractivity (Wildman–Crippen MR) is 56.4 cm³/mol. The van der Waals surface area contributed by atoms with Crippen LogP contribution in [-0.4, -0.2) is 11.1 Å². The fourth-order valence-corrected chi connectivity index (χ4v) is 1.60. The zero-order valence-electron chi connectivity index (χ0n) is 8.42. The molecule has 0 saturated carbocycles. The molecule has 0 aromatic heterocycles. The van der Waals surface area contributed by atoms with E-state index in [4.69, 9.17) is 16.7 Å². The molecule has 5 heteroatoms. The number of carbonyl (C=O) groups is 1. The van der Waals surface area contributed by atoms with E-state index in [9.17, 15) is 13.6 Å². The van der Waals surface area contributed by atoms with Gasteiger partial charge in [-0.1, -0.05) is 6.07 Å². The molecule has 0 spiro atoms. The summed E-state index contributed by atoms with van der Waals surface area (Å²) in [6.07, 6.45) is 0.842. The van der Waals surface area contributed by atoms with E-state index in [1.54, 1.807) is 0 Å². The summed E-state index contributed by atoms with van der Waals surface area (Å²) in [5, 5.41) is 7.93. The molecular formula is C11H11ClF2O2. The van der Waals surface area contributed by atoms with Crippen LogP contribution in [0.3, 0.4) is 0 Å². The van der Waals surface area contributed by atoms with Crippen molar-refractivity contribution in [3.05, 3.63) is 35.4 Å². The van der Waals surface area contributed by atoms with Crippen LogP contribution in [0.5, 0.6) is 0 Å². The van der Waals surface area contributed by atoms with E-state index >= 15 is 0 Å². The van der Waals surface area contributed by atoms with Crippen LogP contribution in [0.1, 0.15) is 30.2 Å². The van der Waals surface area contributed by atoms with E-state index in [0.717, 1.165) is 12.1 Å². The molecule has 1 rings (SSSR count). The number of carboxylic acids is 1. The Morgan fingerprint density at radius 1 is 1.38 bits per heavy atom. The Morgan fingerprint density at radius 2 is 2.06 bits per heavy atom. The maximum absolute atomic E-state index is 12.9. The van der Waals surface area contributed by atoms with Crippen LogP contribution >= 0.6 is 11.6 Å². The van der Waals surface area contributed by atoms with Gasteiger partial charge in [0, 0.05) is 6.42 Å². The summed E-state index contributed by atoms with van der Waals surface area (Å²) >= 11 is 5.93. The van der Waals surface area contributed by atoms with Crippen molar-refractivity contribution >= 4 is 17.6 Å². The molecule has 0 saturated heterocycles. The molecule has 16 heavy (non-hydrogen) atoms. The number of hydrogen-bond acceptors (Lipinski definition) is 1. The van der Waals surface area contributed by atoms with E-state index in [1.807, 2.05) is 0 Å². The number of aliphatic carboxylic acids is 1. The number of benzene rings is 1. The second kappa shape index (κ2) is 5.80. The number of rotatable bonds is 5. The minimum absolute atomic E-state index is 0.0207. The van der Waals surface area contributed by atoms with Crippen molar-refractivity contribution < 1.29 is 18.7 Å². The summed E-state index contributed by atoms with van der Waals surface area (Å²) in [6.45, 7) is 0. The highest BCUT2D eigenvalue weighted by Crippen LogP contribution is 2.27. The third-order valence-electron chi connectivity index (χ3n) is 2.15. The Kier molecular flexibility index (Phi) is 4.68. The Morgan fingerprint density at radius 3 is 2.62 bits per heavy atom. The first kappa shape index (κ1) is 12.9. The third kappa shape index (κ3) is 3.77. The maximum atomic E-state index is 12.9. The minimum atomic E-state index is -0.943. The normalized spacial score (nSPS) is 12.4. The van der Waals surface area contributed by atoms with Crippen LogP contribution in [0.15, 0.2) is 18.2 Å². The smallest absolute Gasteiger partial charge is 0.303 e. The molecule has 0 fully saturated rings. The lowest BCUT2D eigenvalue weighted by atomic mass is 10.1. The highest BCUT2D eigenvalue weighted by atomic mass is 35.5. The molecule has 0 bridgehead atoms. The van der Waals surface area contributed by atoms with Crippen LogP contribution < -0.4 is 0 Å². The van der Waals surface area contributed by atoms with E-state index in [-0.39, 0.29) is 6.42 Å². The zero-order valence-corrected chi connectivity index (χ0v) is 9.18. The number of halogens is 3. The van der Waals surface area contributed by atoms with Gasteiger partial charge in [-0.3, -0.25) is 4.79 Å². The lowest BCUT2D eigenvalue weighted by Gasteiger charge is -2.09. The fraction of sp³-hybridized carbons (Fsp3) is 0.364. The summed E-state index contributed by atoms with van der Waals surface area (Å²) in [6, 6.07) is 3.45. The van der Waals surface area contributed by atoms with E-state index in [1.165, 1.54) is 6.07 Å². The quantitative estimate of drug-likeness (QED) is 0.810. The summed E-state index contributed by atoms with van der Waals surface area (Å²) in [4.78, 5) is 10.3. The molecule has 2 nitrogen and oxygen atoms in total. The molecule has 0 aliphatic rings. The lowest BCUT2D eigenvalue weighted by Crippen LogP contribution is -1.98. The van der Waals surface area contributed by atoms with Crippen LogP contribution in [0, 0.1) is 11.6 Å². The first-order valence-electron chi connectivity index (χ1n) is 4.81. The molecule has 0 aliphatic carbocycles. The fourth-order valence-electron chi connectivity index (χ4n) is 1.31. The molecule has 88 valence electrons. The van der Waals surface area contributed by atoms with Gasteiger partial charge in [-0.25, -0.2) is 8.78 Å². The van der Waals surface area contributed by atoms with Gasteiger partial charge in [0.2, 0.25) is 0 Å². The van der Waals surface area contributed by atoms with Crippen molar-refractivity contribution in [3.8, 4) is 0 Å². The average Bonchev–Trinajstić information content (AvgIpc) is 2.21. The van der Waals surface area contributed by atoms with Gasteiger partial charge < -0.3 is 5.11 Å². The molecule has 1 atom stereocenters. The Labute approximate surface area is 96.8 Å².